The summed E-state index contributed by atoms with van der Waals surface area (Å²) in [5.74, 6) is 1.38. The molecule has 1 amide bonds. The average molecular weight is 396 g/mol. The van der Waals surface area contributed by atoms with E-state index in [2.05, 4.69) is 25.7 Å². The number of carbonyl (C=O) groups is 1. The highest BCUT2D eigenvalue weighted by atomic mass is 32.2. The van der Waals surface area contributed by atoms with Gasteiger partial charge < -0.3 is 9.84 Å². The van der Waals surface area contributed by atoms with Gasteiger partial charge in [-0.15, -0.1) is 10.2 Å². The number of amides is 1. The average Bonchev–Trinajstić information content (AvgIpc) is 3.28. The molecule has 0 aliphatic heterocycles. The Bertz CT molecular complexity index is 1150. The van der Waals surface area contributed by atoms with Crippen molar-refractivity contribution in [3.05, 3.63) is 53.2 Å². The number of nitrogens with one attached hydrogen (secondary N) is 1. The highest BCUT2D eigenvalue weighted by molar-refractivity contribution is 7.98. The van der Waals surface area contributed by atoms with E-state index >= 15 is 0 Å². The Morgan fingerprint density at radius 3 is 3.00 bits per heavy atom. The maximum Gasteiger partial charge on any atom is 0.258 e. The van der Waals surface area contributed by atoms with Gasteiger partial charge >= 0.3 is 0 Å². The summed E-state index contributed by atoms with van der Waals surface area (Å²) in [5.41, 5.74) is 2.96. The minimum absolute atomic E-state index is 0.208. The van der Waals surface area contributed by atoms with Crippen LogP contribution in [0.4, 0.5) is 0 Å². The Labute approximate surface area is 165 Å². The van der Waals surface area contributed by atoms with E-state index in [0.717, 1.165) is 17.8 Å². The SMILES string of the molecule is CSCC[C@@H](NC(=O)c1cc(C)nc2onc(C)c12)c1nnc2ccccn12. The third-order valence-corrected chi connectivity index (χ3v) is 5.20. The van der Waals surface area contributed by atoms with Crippen LogP contribution in [0, 0.1) is 13.8 Å². The van der Waals surface area contributed by atoms with Gasteiger partial charge in [-0.25, -0.2) is 4.98 Å². The topological polar surface area (TPSA) is 98.2 Å². The molecule has 8 nitrogen and oxygen atoms in total. The number of hydrogen-bond donors (Lipinski definition) is 1. The van der Waals surface area contributed by atoms with E-state index in [1.807, 2.05) is 42.0 Å². The van der Waals surface area contributed by atoms with Gasteiger partial charge in [0.1, 0.15) is 0 Å². The van der Waals surface area contributed by atoms with Gasteiger partial charge in [0.25, 0.3) is 11.6 Å². The molecule has 144 valence electrons. The highest BCUT2D eigenvalue weighted by Crippen LogP contribution is 2.24. The van der Waals surface area contributed by atoms with Crippen LogP contribution in [0.2, 0.25) is 0 Å². The third-order valence-electron chi connectivity index (χ3n) is 4.56. The predicted molar refractivity (Wildman–Crippen MR) is 107 cm³/mol. The first-order valence-corrected chi connectivity index (χ1v) is 10.3. The van der Waals surface area contributed by atoms with Gasteiger partial charge in [0.05, 0.1) is 22.7 Å². The van der Waals surface area contributed by atoms with E-state index in [-0.39, 0.29) is 11.9 Å². The van der Waals surface area contributed by atoms with Crippen molar-refractivity contribution in [3.63, 3.8) is 0 Å². The van der Waals surface area contributed by atoms with Gasteiger partial charge in [0.15, 0.2) is 11.5 Å². The lowest BCUT2D eigenvalue weighted by Gasteiger charge is -2.17. The first-order chi connectivity index (χ1) is 13.6. The summed E-state index contributed by atoms with van der Waals surface area (Å²) in [4.78, 5) is 17.5. The van der Waals surface area contributed by atoms with Crippen molar-refractivity contribution in [3.8, 4) is 0 Å². The smallest absolute Gasteiger partial charge is 0.258 e. The largest absolute Gasteiger partial charge is 0.342 e. The molecule has 1 atom stereocenters. The minimum Gasteiger partial charge on any atom is -0.342 e. The molecule has 0 bridgehead atoms. The Balaban J connectivity index is 1.71. The van der Waals surface area contributed by atoms with Crippen molar-refractivity contribution in [2.45, 2.75) is 26.3 Å². The van der Waals surface area contributed by atoms with Crippen LogP contribution in [-0.2, 0) is 0 Å². The zero-order valence-corrected chi connectivity index (χ0v) is 16.7. The second-order valence-electron chi connectivity index (χ2n) is 6.55. The number of aromatic nitrogens is 5. The van der Waals surface area contributed by atoms with Crippen LogP contribution in [0.5, 0.6) is 0 Å². The van der Waals surface area contributed by atoms with Crippen molar-refractivity contribution in [1.82, 2.24) is 30.1 Å². The van der Waals surface area contributed by atoms with Crippen LogP contribution in [0.25, 0.3) is 16.7 Å². The number of fused-ring (bicyclic) bond motifs is 2. The Kier molecular flexibility index (Phi) is 4.99. The molecule has 0 aliphatic rings. The molecule has 4 heterocycles. The van der Waals surface area contributed by atoms with Crippen LogP contribution in [0.3, 0.4) is 0 Å². The van der Waals surface area contributed by atoms with E-state index in [1.54, 1.807) is 24.8 Å². The molecule has 0 saturated carbocycles. The molecule has 9 heteroatoms. The van der Waals surface area contributed by atoms with E-state index in [1.165, 1.54) is 0 Å². The zero-order valence-electron chi connectivity index (χ0n) is 15.8. The summed E-state index contributed by atoms with van der Waals surface area (Å²) in [6.07, 6.45) is 4.68. The number of hydrogen-bond acceptors (Lipinski definition) is 7. The molecule has 0 aromatic carbocycles. The summed E-state index contributed by atoms with van der Waals surface area (Å²) >= 11 is 1.72. The Morgan fingerprint density at radius 1 is 1.32 bits per heavy atom. The van der Waals surface area contributed by atoms with Gasteiger partial charge in [-0.1, -0.05) is 11.2 Å². The van der Waals surface area contributed by atoms with Crippen LogP contribution in [-0.4, -0.2) is 42.7 Å². The fourth-order valence-electron chi connectivity index (χ4n) is 3.23. The van der Waals surface area contributed by atoms with Gasteiger partial charge in [-0.05, 0) is 50.5 Å². The molecule has 28 heavy (non-hydrogen) atoms. The molecule has 1 N–H and O–H groups in total. The first kappa shape index (κ1) is 18.4. The lowest BCUT2D eigenvalue weighted by Crippen LogP contribution is -2.30. The molecule has 0 saturated heterocycles. The second-order valence-corrected chi connectivity index (χ2v) is 7.54. The van der Waals surface area contributed by atoms with Crippen molar-refractivity contribution in [2.24, 2.45) is 0 Å². The van der Waals surface area contributed by atoms with Crippen LogP contribution < -0.4 is 5.32 Å². The molecule has 0 radical (unpaired) electrons. The van der Waals surface area contributed by atoms with Crippen LogP contribution >= 0.6 is 11.8 Å². The molecular weight excluding hydrogens is 376 g/mol. The Hall–Kier alpha value is -2.94. The summed E-state index contributed by atoms with van der Waals surface area (Å²) in [5, 5.41) is 16.3. The van der Waals surface area contributed by atoms with Gasteiger partial charge in [0, 0.05) is 11.9 Å². The van der Waals surface area contributed by atoms with E-state index < -0.39 is 0 Å². The fourth-order valence-corrected chi connectivity index (χ4v) is 3.70. The fraction of sp³-hybridized carbons (Fsp3) is 0.316. The molecule has 0 unspecified atom stereocenters. The van der Waals surface area contributed by atoms with Gasteiger partial charge in [-0.2, -0.15) is 11.8 Å². The molecule has 4 aromatic heterocycles. The van der Waals surface area contributed by atoms with Gasteiger partial charge in [-0.3, -0.25) is 9.20 Å². The molecule has 0 spiro atoms. The van der Waals surface area contributed by atoms with E-state index in [4.69, 9.17) is 4.52 Å². The van der Waals surface area contributed by atoms with Crippen molar-refractivity contribution in [1.29, 1.82) is 0 Å². The molecular formula is C19H20N6O2S. The summed E-state index contributed by atoms with van der Waals surface area (Å²) in [6.45, 7) is 3.63. The second kappa shape index (κ2) is 7.59. The lowest BCUT2D eigenvalue weighted by atomic mass is 10.1. The van der Waals surface area contributed by atoms with E-state index in [9.17, 15) is 4.79 Å². The van der Waals surface area contributed by atoms with Crippen LogP contribution in [0.1, 0.15) is 40.0 Å². The van der Waals surface area contributed by atoms with Crippen molar-refractivity contribution in [2.75, 3.05) is 12.0 Å². The lowest BCUT2D eigenvalue weighted by molar-refractivity contribution is 0.0935. The predicted octanol–water partition coefficient (Wildman–Crippen LogP) is 3.11. The summed E-state index contributed by atoms with van der Waals surface area (Å²) < 4.78 is 7.16. The standard InChI is InChI=1S/C19H20N6O2S/c1-11-10-13(16-12(2)24-27-19(16)20-11)18(26)21-14(7-9-28-3)17-23-22-15-6-4-5-8-25(15)17/h4-6,8,10,14H,7,9H2,1-3H3,(H,21,26)/t14-/m1/s1. The first-order valence-electron chi connectivity index (χ1n) is 8.91. The zero-order chi connectivity index (χ0) is 19.7. The number of aryl methyl sites for hydroxylation is 2. The number of carbonyl (C=O) groups excluding carboxylic acids is 1. The minimum atomic E-state index is -0.277. The normalized spacial score (nSPS) is 12.5. The molecule has 4 rings (SSSR count). The number of thioether (sulfide) groups is 1. The number of nitrogens with zero attached hydrogens (tertiary/aromatic N) is 5. The Morgan fingerprint density at radius 2 is 2.18 bits per heavy atom. The van der Waals surface area contributed by atoms with Crippen molar-refractivity contribution >= 4 is 34.4 Å². The maximum absolute atomic E-state index is 13.2. The molecule has 0 fully saturated rings. The summed E-state index contributed by atoms with van der Waals surface area (Å²) in [6, 6.07) is 7.20. The molecule has 0 aliphatic carbocycles. The number of pyridine rings is 2. The van der Waals surface area contributed by atoms with Crippen LogP contribution in [0.15, 0.2) is 35.0 Å². The highest BCUT2D eigenvalue weighted by Gasteiger charge is 2.24. The van der Waals surface area contributed by atoms with Gasteiger partial charge in [0.2, 0.25) is 0 Å². The monoisotopic (exact) mass is 396 g/mol. The van der Waals surface area contributed by atoms with Crippen molar-refractivity contribution < 1.29 is 9.32 Å². The maximum atomic E-state index is 13.2. The quantitative estimate of drug-likeness (QED) is 0.535. The number of rotatable bonds is 6. The third kappa shape index (κ3) is 3.33. The summed E-state index contributed by atoms with van der Waals surface area (Å²) in [7, 11) is 0. The molecule has 4 aromatic rings. The van der Waals surface area contributed by atoms with E-state index in [0.29, 0.717) is 33.9 Å².